The number of carbonyl (C=O) groups excluding carboxylic acids is 2. The fraction of sp³-hybridized carbons (Fsp3) is 0.241. The van der Waals surface area contributed by atoms with Crippen molar-refractivity contribution in [2.45, 2.75) is 32.9 Å². The Morgan fingerprint density at radius 1 is 0.857 bits per heavy atom. The zero-order chi connectivity index (χ0) is 24.8. The Morgan fingerprint density at radius 2 is 1.49 bits per heavy atom. The van der Waals surface area contributed by atoms with Crippen molar-refractivity contribution in [3.8, 4) is 11.5 Å². The lowest BCUT2D eigenvalue weighted by molar-refractivity contribution is -0.140. The van der Waals surface area contributed by atoms with Gasteiger partial charge in [-0.2, -0.15) is 0 Å². The molecule has 0 radical (unpaired) electrons. The molecule has 35 heavy (non-hydrogen) atoms. The SMILES string of the molecule is CCCOc1ccc(/C(O)=C2/C(=O)C(=O)N(Cc3ccc(OCC)cc3)C2c2ccccc2)cc1. The summed E-state index contributed by atoms with van der Waals surface area (Å²) in [5.41, 5.74) is 2.14. The molecule has 0 saturated carbocycles. The van der Waals surface area contributed by atoms with E-state index in [2.05, 4.69) is 0 Å². The summed E-state index contributed by atoms with van der Waals surface area (Å²) in [6.07, 6.45) is 0.886. The molecule has 1 N–H and O–H groups in total. The lowest BCUT2D eigenvalue weighted by Crippen LogP contribution is -2.29. The standard InChI is InChI=1S/C29H29NO5/c1-3-18-35-24-16-12-22(13-17-24)27(31)25-26(21-8-6-5-7-9-21)30(29(33)28(25)32)19-20-10-14-23(15-11-20)34-4-2/h5-17,26,31H,3-4,18-19H2,1-2H3/b27-25-. The molecule has 180 valence electrons. The van der Waals surface area contributed by atoms with Crippen molar-refractivity contribution in [1.82, 2.24) is 4.90 Å². The van der Waals surface area contributed by atoms with Gasteiger partial charge < -0.3 is 19.5 Å². The van der Waals surface area contributed by atoms with E-state index in [0.29, 0.717) is 24.5 Å². The summed E-state index contributed by atoms with van der Waals surface area (Å²) in [6, 6.07) is 22.9. The second-order valence-corrected chi connectivity index (χ2v) is 8.29. The molecule has 0 aromatic heterocycles. The summed E-state index contributed by atoms with van der Waals surface area (Å²) in [4.78, 5) is 27.9. The Hall–Kier alpha value is -4.06. The van der Waals surface area contributed by atoms with Crippen LogP contribution >= 0.6 is 0 Å². The molecule has 0 spiro atoms. The third kappa shape index (κ3) is 5.22. The van der Waals surface area contributed by atoms with Crippen LogP contribution in [-0.4, -0.2) is 34.9 Å². The fourth-order valence-corrected chi connectivity index (χ4v) is 4.16. The van der Waals surface area contributed by atoms with Crippen LogP contribution in [0.1, 0.15) is 43.0 Å². The largest absolute Gasteiger partial charge is 0.507 e. The number of nitrogens with zero attached hydrogens (tertiary/aromatic N) is 1. The van der Waals surface area contributed by atoms with Crippen LogP contribution in [0.4, 0.5) is 0 Å². The number of hydrogen-bond donors (Lipinski definition) is 1. The smallest absolute Gasteiger partial charge is 0.295 e. The molecule has 6 nitrogen and oxygen atoms in total. The predicted octanol–water partition coefficient (Wildman–Crippen LogP) is 5.50. The van der Waals surface area contributed by atoms with Gasteiger partial charge in [0.05, 0.1) is 24.8 Å². The first kappa shape index (κ1) is 24.1. The minimum atomic E-state index is -0.709. The maximum atomic E-state index is 13.2. The third-order valence-electron chi connectivity index (χ3n) is 5.84. The van der Waals surface area contributed by atoms with Crippen LogP contribution in [0.25, 0.3) is 5.76 Å². The Labute approximate surface area is 205 Å². The summed E-state index contributed by atoms with van der Waals surface area (Å²) in [6.45, 7) is 5.32. The molecule has 1 unspecified atom stereocenters. The number of Topliss-reactive ketones (excluding diaryl/α,β-unsaturated/α-hetero) is 1. The monoisotopic (exact) mass is 471 g/mol. The summed E-state index contributed by atoms with van der Waals surface area (Å²) < 4.78 is 11.1. The van der Waals surface area contributed by atoms with E-state index in [1.165, 1.54) is 4.90 Å². The van der Waals surface area contributed by atoms with Crippen LogP contribution < -0.4 is 9.47 Å². The topological polar surface area (TPSA) is 76.1 Å². The van der Waals surface area contributed by atoms with Crippen molar-refractivity contribution >= 4 is 17.4 Å². The van der Waals surface area contributed by atoms with Gasteiger partial charge in [-0.15, -0.1) is 0 Å². The Kier molecular flexibility index (Phi) is 7.51. The highest BCUT2D eigenvalue weighted by atomic mass is 16.5. The first-order valence-corrected chi connectivity index (χ1v) is 11.8. The number of aliphatic hydroxyl groups is 1. The average Bonchev–Trinajstić information content (AvgIpc) is 3.14. The molecule has 0 aliphatic carbocycles. The number of aliphatic hydroxyl groups excluding tert-OH is 1. The van der Waals surface area contributed by atoms with Crippen molar-refractivity contribution in [2.24, 2.45) is 0 Å². The van der Waals surface area contributed by atoms with Crippen molar-refractivity contribution in [2.75, 3.05) is 13.2 Å². The number of carbonyl (C=O) groups is 2. The summed E-state index contributed by atoms with van der Waals surface area (Å²) in [5, 5.41) is 11.2. The third-order valence-corrected chi connectivity index (χ3v) is 5.84. The van der Waals surface area contributed by atoms with Gasteiger partial charge in [0.25, 0.3) is 11.7 Å². The number of ether oxygens (including phenoxy) is 2. The van der Waals surface area contributed by atoms with Crippen LogP contribution in [0.3, 0.4) is 0 Å². The van der Waals surface area contributed by atoms with Crippen LogP contribution in [0, 0.1) is 0 Å². The van der Waals surface area contributed by atoms with Gasteiger partial charge in [-0.1, -0.05) is 49.4 Å². The zero-order valence-corrected chi connectivity index (χ0v) is 19.9. The Balaban J connectivity index is 1.72. The first-order valence-electron chi connectivity index (χ1n) is 11.8. The maximum Gasteiger partial charge on any atom is 0.295 e. The van der Waals surface area contributed by atoms with Gasteiger partial charge in [0.15, 0.2) is 0 Å². The van der Waals surface area contributed by atoms with E-state index in [9.17, 15) is 14.7 Å². The van der Waals surface area contributed by atoms with Crippen molar-refractivity contribution < 1.29 is 24.2 Å². The van der Waals surface area contributed by atoms with E-state index in [1.807, 2.05) is 68.4 Å². The second-order valence-electron chi connectivity index (χ2n) is 8.29. The molecule has 1 fully saturated rings. The quantitative estimate of drug-likeness (QED) is 0.254. The summed E-state index contributed by atoms with van der Waals surface area (Å²) >= 11 is 0. The summed E-state index contributed by atoms with van der Waals surface area (Å²) in [5.74, 6) is -0.123. The molecule has 6 heteroatoms. The first-order chi connectivity index (χ1) is 17.0. The van der Waals surface area contributed by atoms with Crippen molar-refractivity contribution in [1.29, 1.82) is 0 Å². The van der Waals surface area contributed by atoms with Crippen molar-refractivity contribution in [3.05, 3.63) is 101 Å². The molecular weight excluding hydrogens is 442 g/mol. The highest BCUT2D eigenvalue weighted by Crippen LogP contribution is 2.40. The molecule has 3 aromatic carbocycles. The van der Waals surface area contributed by atoms with Gasteiger partial charge in [-0.05, 0) is 60.9 Å². The molecular formula is C29H29NO5. The molecule has 0 bridgehead atoms. The molecule has 1 heterocycles. The molecule has 1 aliphatic heterocycles. The zero-order valence-electron chi connectivity index (χ0n) is 19.9. The van der Waals surface area contributed by atoms with Gasteiger partial charge in [-0.25, -0.2) is 0 Å². The van der Waals surface area contributed by atoms with Crippen LogP contribution in [0.5, 0.6) is 11.5 Å². The van der Waals surface area contributed by atoms with Gasteiger partial charge in [-0.3, -0.25) is 9.59 Å². The highest BCUT2D eigenvalue weighted by molar-refractivity contribution is 6.46. The molecule has 1 atom stereocenters. The lowest BCUT2D eigenvalue weighted by Gasteiger charge is -2.25. The average molecular weight is 472 g/mol. The van der Waals surface area contributed by atoms with Crippen LogP contribution in [-0.2, 0) is 16.1 Å². The molecule has 4 rings (SSSR count). The number of amides is 1. The van der Waals surface area contributed by atoms with Crippen LogP contribution in [0.2, 0.25) is 0 Å². The van der Waals surface area contributed by atoms with Crippen molar-refractivity contribution in [3.63, 3.8) is 0 Å². The highest BCUT2D eigenvalue weighted by Gasteiger charge is 2.46. The number of benzene rings is 3. The minimum absolute atomic E-state index is 0.0781. The maximum absolute atomic E-state index is 13.2. The normalized spacial score (nSPS) is 17.0. The summed E-state index contributed by atoms with van der Waals surface area (Å²) in [7, 11) is 0. The number of hydrogen-bond acceptors (Lipinski definition) is 5. The minimum Gasteiger partial charge on any atom is -0.507 e. The van der Waals surface area contributed by atoms with Gasteiger partial charge >= 0.3 is 0 Å². The fourth-order valence-electron chi connectivity index (χ4n) is 4.16. The second kappa shape index (κ2) is 10.9. The van der Waals surface area contributed by atoms with Crippen LogP contribution in [0.15, 0.2) is 84.4 Å². The van der Waals surface area contributed by atoms with Gasteiger partial charge in [0.1, 0.15) is 17.3 Å². The van der Waals surface area contributed by atoms with Gasteiger partial charge in [0, 0.05) is 12.1 Å². The molecule has 1 aliphatic rings. The van der Waals surface area contributed by atoms with E-state index >= 15 is 0 Å². The Bertz CT molecular complexity index is 1200. The number of rotatable bonds is 9. The van der Waals surface area contributed by atoms with E-state index < -0.39 is 17.7 Å². The molecule has 1 amide bonds. The Morgan fingerprint density at radius 3 is 2.11 bits per heavy atom. The number of ketones is 1. The van der Waals surface area contributed by atoms with E-state index in [0.717, 1.165) is 23.3 Å². The predicted molar refractivity (Wildman–Crippen MR) is 134 cm³/mol. The lowest BCUT2D eigenvalue weighted by atomic mass is 9.95. The molecule has 1 saturated heterocycles. The van der Waals surface area contributed by atoms with E-state index in [-0.39, 0.29) is 17.9 Å². The van der Waals surface area contributed by atoms with E-state index in [4.69, 9.17) is 9.47 Å². The van der Waals surface area contributed by atoms with E-state index in [1.54, 1.807) is 24.3 Å². The number of likely N-dealkylation sites (tertiary alicyclic amines) is 1. The van der Waals surface area contributed by atoms with Gasteiger partial charge in [0.2, 0.25) is 0 Å². The molecule has 3 aromatic rings.